The van der Waals surface area contributed by atoms with Crippen molar-refractivity contribution < 1.29 is 4.79 Å². The number of aryl methyl sites for hydroxylation is 1. The molecule has 144 valence electrons. The molecule has 1 amide bonds. The number of aromatic nitrogens is 5. The zero-order valence-electron chi connectivity index (χ0n) is 15.0. The smallest absolute Gasteiger partial charge is 0.217 e. The van der Waals surface area contributed by atoms with Crippen LogP contribution in [0.25, 0.3) is 5.65 Å². The van der Waals surface area contributed by atoms with Crippen molar-refractivity contribution in [2.45, 2.75) is 44.1 Å². The molecule has 0 atom stereocenters. The van der Waals surface area contributed by atoms with Crippen LogP contribution in [-0.2, 0) is 23.5 Å². The minimum atomic E-state index is -0.344. The van der Waals surface area contributed by atoms with Gasteiger partial charge in [0.1, 0.15) is 5.82 Å². The number of nitrogens with zero attached hydrogens (tertiary/aromatic N) is 5. The average Bonchev–Trinajstić information content (AvgIpc) is 3.14. The van der Waals surface area contributed by atoms with Crippen molar-refractivity contribution in [3.05, 3.63) is 40.0 Å². The fraction of sp³-hybridized carbons (Fsp3) is 0.412. The Bertz CT molecular complexity index is 968. The van der Waals surface area contributed by atoms with Crippen molar-refractivity contribution in [3.63, 3.8) is 0 Å². The molecule has 3 aromatic heterocycles. The average molecular weight is 427 g/mol. The summed E-state index contributed by atoms with van der Waals surface area (Å²) in [4.78, 5) is 15.6. The lowest BCUT2D eigenvalue weighted by atomic mass is 10.2. The summed E-state index contributed by atoms with van der Waals surface area (Å²) in [5.74, 6) is 1.46. The second kappa shape index (κ2) is 8.50. The molecule has 10 heteroatoms. The summed E-state index contributed by atoms with van der Waals surface area (Å²) in [7, 11) is 0. The number of amides is 1. The number of primary amides is 1. The van der Waals surface area contributed by atoms with Crippen molar-refractivity contribution in [1.29, 1.82) is 0 Å². The molecule has 3 heterocycles. The first kappa shape index (κ1) is 20.0. The molecule has 0 aliphatic rings. The second-order valence-corrected chi connectivity index (χ2v) is 8.41. The monoisotopic (exact) mass is 426 g/mol. The molecule has 27 heavy (non-hydrogen) atoms. The highest BCUT2D eigenvalue weighted by Gasteiger charge is 2.16. The van der Waals surface area contributed by atoms with E-state index in [0.29, 0.717) is 33.8 Å². The quantitative estimate of drug-likeness (QED) is 0.555. The van der Waals surface area contributed by atoms with Gasteiger partial charge in [0.2, 0.25) is 5.91 Å². The molecule has 0 aliphatic heterocycles. The first-order valence-corrected chi connectivity index (χ1v) is 10.2. The largest absolute Gasteiger partial charge is 0.370 e. The van der Waals surface area contributed by atoms with Gasteiger partial charge in [-0.25, -0.2) is 4.98 Å². The van der Waals surface area contributed by atoms with E-state index in [1.165, 1.54) is 0 Å². The third-order valence-corrected chi connectivity index (χ3v) is 5.29. The normalized spacial score (nSPS) is 11.6. The van der Waals surface area contributed by atoms with E-state index in [9.17, 15) is 4.79 Å². The number of nitrogens with two attached hydrogens (primary N) is 1. The zero-order chi connectivity index (χ0) is 19.6. The van der Waals surface area contributed by atoms with Gasteiger partial charge in [-0.15, -0.1) is 10.2 Å². The minimum absolute atomic E-state index is 0.257. The first-order valence-electron chi connectivity index (χ1n) is 8.49. The topological polar surface area (TPSA) is 91.1 Å². The van der Waals surface area contributed by atoms with Gasteiger partial charge in [0.25, 0.3) is 0 Å². The van der Waals surface area contributed by atoms with Gasteiger partial charge in [0, 0.05) is 37.5 Å². The Morgan fingerprint density at radius 3 is 2.78 bits per heavy atom. The number of pyridine rings is 1. The summed E-state index contributed by atoms with van der Waals surface area (Å²) < 4.78 is 3.87. The standard InChI is InChI=1S/C17H20Cl2N6OS/c1-10(2)6-25-15(4-3-14(20)26)22-23-17(25)27-9-12-8-24-7-11(18)5-13(19)16(24)21-12/h5,7-8,10H,3-4,6,9H2,1-2H3,(H2,20,26). The van der Waals surface area contributed by atoms with Crippen LogP contribution in [0.5, 0.6) is 0 Å². The van der Waals surface area contributed by atoms with Crippen LogP contribution in [0.4, 0.5) is 0 Å². The third-order valence-electron chi connectivity index (χ3n) is 3.81. The van der Waals surface area contributed by atoms with Crippen LogP contribution in [0.3, 0.4) is 0 Å². The number of thioether (sulfide) groups is 1. The van der Waals surface area contributed by atoms with Gasteiger partial charge >= 0.3 is 0 Å². The molecule has 0 aliphatic carbocycles. The number of hydrogen-bond donors (Lipinski definition) is 1. The Morgan fingerprint density at radius 2 is 2.07 bits per heavy atom. The van der Waals surface area contributed by atoms with Crippen molar-refractivity contribution in [3.8, 4) is 0 Å². The van der Waals surface area contributed by atoms with Crippen LogP contribution in [0, 0.1) is 5.92 Å². The molecular formula is C17H20Cl2N6OS. The maximum absolute atomic E-state index is 11.1. The molecule has 0 spiro atoms. The van der Waals surface area contributed by atoms with Crippen LogP contribution in [0.1, 0.15) is 31.8 Å². The van der Waals surface area contributed by atoms with Crippen LogP contribution in [0.15, 0.2) is 23.6 Å². The minimum Gasteiger partial charge on any atom is -0.370 e. The summed E-state index contributed by atoms with van der Waals surface area (Å²) in [6.45, 7) is 5.02. The summed E-state index contributed by atoms with van der Waals surface area (Å²) in [6, 6.07) is 1.67. The highest BCUT2D eigenvalue weighted by atomic mass is 35.5. The predicted octanol–water partition coefficient (Wildman–Crippen LogP) is 3.60. The lowest BCUT2D eigenvalue weighted by molar-refractivity contribution is -0.118. The van der Waals surface area contributed by atoms with Crippen molar-refractivity contribution >= 4 is 46.5 Å². The predicted molar refractivity (Wildman–Crippen MR) is 107 cm³/mol. The fourth-order valence-corrected chi connectivity index (χ4v) is 4.06. The highest BCUT2D eigenvalue weighted by molar-refractivity contribution is 7.98. The number of hydrogen-bond acceptors (Lipinski definition) is 5. The van der Waals surface area contributed by atoms with Crippen LogP contribution in [0.2, 0.25) is 10.0 Å². The molecule has 3 rings (SSSR count). The van der Waals surface area contributed by atoms with Crippen molar-refractivity contribution in [2.75, 3.05) is 0 Å². The van der Waals surface area contributed by atoms with E-state index in [2.05, 4.69) is 33.6 Å². The molecular weight excluding hydrogens is 407 g/mol. The molecule has 0 radical (unpaired) electrons. The van der Waals surface area contributed by atoms with Gasteiger partial charge in [-0.1, -0.05) is 48.8 Å². The van der Waals surface area contributed by atoms with E-state index in [0.717, 1.165) is 23.2 Å². The Hall–Kier alpha value is -1.77. The van der Waals surface area contributed by atoms with Crippen molar-refractivity contribution in [2.24, 2.45) is 11.7 Å². The number of halogens is 2. The zero-order valence-corrected chi connectivity index (χ0v) is 17.4. The number of fused-ring (bicyclic) bond motifs is 1. The lowest BCUT2D eigenvalue weighted by Gasteiger charge is -2.11. The highest BCUT2D eigenvalue weighted by Crippen LogP contribution is 2.26. The Balaban J connectivity index is 1.78. The molecule has 0 aromatic carbocycles. The summed E-state index contributed by atoms with van der Waals surface area (Å²) in [5.41, 5.74) is 6.79. The van der Waals surface area contributed by atoms with Gasteiger partial charge in [-0.3, -0.25) is 4.79 Å². The van der Waals surface area contributed by atoms with Gasteiger partial charge in [0.15, 0.2) is 10.8 Å². The van der Waals surface area contributed by atoms with Crippen LogP contribution >= 0.6 is 35.0 Å². The molecule has 0 saturated carbocycles. The Morgan fingerprint density at radius 1 is 1.30 bits per heavy atom. The third kappa shape index (κ3) is 4.94. The van der Waals surface area contributed by atoms with Gasteiger partial charge in [-0.05, 0) is 12.0 Å². The van der Waals surface area contributed by atoms with Crippen LogP contribution in [-0.4, -0.2) is 30.1 Å². The number of carbonyl (C=O) groups is 1. The van der Waals surface area contributed by atoms with E-state index in [4.69, 9.17) is 28.9 Å². The maximum Gasteiger partial charge on any atom is 0.217 e. The molecule has 2 N–H and O–H groups in total. The van der Waals surface area contributed by atoms with Gasteiger partial charge in [-0.2, -0.15) is 0 Å². The molecule has 0 saturated heterocycles. The van der Waals surface area contributed by atoms with E-state index in [-0.39, 0.29) is 12.3 Å². The number of rotatable bonds is 8. The summed E-state index contributed by atoms with van der Waals surface area (Å²) >= 11 is 13.8. The lowest BCUT2D eigenvalue weighted by Crippen LogP contribution is -2.15. The Kier molecular flexibility index (Phi) is 6.29. The van der Waals surface area contributed by atoms with E-state index < -0.39 is 0 Å². The summed E-state index contributed by atoms with van der Waals surface area (Å²) in [6.07, 6.45) is 4.41. The van der Waals surface area contributed by atoms with Crippen molar-refractivity contribution in [1.82, 2.24) is 24.1 Å². The second-order valence-electron chi connectivity index (χ2n) is 6.63. The fourth-order valence-electron chi connectivity index (χ4n) is 2.68. The molecule has 0 bridgehead atoms. The van der Waals surface area contributed by atoms with E-state index in [1.54, 1.807) is 24.0 Å². The van der Waals surface area contributed by atoms with Gasteiger partial charge in [0.05, 0.1) is 15.7 Å². The first-order chi connectivity index (χ1) is 12.8. The SMILES string of the molecule is CC(C)Cn1c(CCC(N)=O)nnc1SCc1cn2cc(Cl)cc(Cl)c2n1. The number of carbonyl (C=O) groups excluding carboxylic acids is 1. The number of imidazole rings is 1. The van der Waals surface area contributed by atoms with E-state index >= 15 is 0 Å². The van der Waals surface area contributed by atoms with E-state index in [1.807, 2.05) is 10.6 Å². The molecule has 7 nitrogen and oxygen atoms in total. The molecule has 3 aromatic rings. The summed E-state index contributed by atoms with van der Waals surface area (Å²) in [5, 5.41) is 10.4. The maximum atomic E-state index is 11.1. The molecule has 0 unspecified atom stereocenters. The van der Waals surface area contributed by atoms with Crippen LogP contribution < -0.4 is 5.73 Å². The molecule has 0 fully saturated rings. The van der Waals surface area contributed by atoms with Gasteiger partial charge < -0.3 is 14.7 Å². The Labute approximate surface area is 171 Å².